The van der Waals surface area contributed by atoms with Crippen molar-refractivity contribution in [2.75, 3.05) is 0 Å². The molecule has 0 heterocycles. The van der Waals surface area contributed by atoms with Crippen LogP contribution in [-0.2, 0) is 0 Å². The lowest BCUT2D eigenvalue weighted by molar-refractivity contribution is -0.346. The van der Waals surface area contributed by atoms with Gasteiger partial charge in [-0.1, -0.05) is 32.0 Å². The molecule has 0 saturated carbocycles. The minimum Gasteiger partial charge on any atom is -0.505 e. The average Bonchev–Trinajstić information content (AvgIpc) is 2.56. The second-order valence-corrected chi connectivity index (χ2v) is 3.90. The molecule has 0 amide bonds. The normalized spacial score (nSPS) is 9.59. The summed E-state index contributed by atoms with van der Waals surface area (Å²) in [4.78, 5) is 2.97. The molecular weight excluding hydrogens is 285 g/mol. The first-order chi connectivity index (χ1) is 10.7. The van der Waals surface area contributed by atoms with Gasteiger partial charge in [0.1, 0.15) is 5.75 Å². The molecule has 0 bridgehead atoms. The highest BCUT2D eigenvalue weighted by Crippen LogP contribution is 2.19. The van der Waals surface area contributed by atoms with Crippen LogP contribution in [0.4, 0.5) is 14.3 Å². The van der Waals surface area contributed by atoms with E-state index in [-0.39, 0.29) is 5.75 Å². The van der Waals surface area contributed by atoms with Crippen molar-refractivity contribution in [3.8, 4) is 11.8 Å². The summed E-state index contributed by atoms with van der Waals surface area (Å²) in [5, 5.41) is 8.85. The smallest absolute Gasteiger partial charge is 0.505 e. The van der Waals surface area contributed by atoms with Crippen molar-refractivity contribution in [2.24, 2.45) is 0 Å². The Morgan fingerprint density at radius 3 is 2.41 bits per heavy atom. The van der Waals surface area contributed by atoms with Gasteiger partial charge in [-0.15, -0.1) is 0 Å². The molecule has 0 aliphatic rings. The second kappa shape index (κ2) is 9.30. The summed E-state index contributed by atoms with van der Waals surface area (Å²) >= 11 is 0. The number of halogens is 2. The van der Waals surface area contributed by atoms with Crippen molar-refractivity contribution >= 4 is 19.4 Å². The van der Waals surface area contributed by atoms with Gasteiger partial charge in [0.2, 0.25) is 5.69 Å². The summed E-state index contributed by atoms with van der Waals surface area (Å²) in [5.74, 6) is 0.0161. The van der Waals surface area contributed by atoms with Gasteiger partial charge >= 0.3 is 7.47 Å². The summed E-state index contributed by atoms with van der Waals surface area (Å²) in [6, 6.07) is 15.4. The van der Waals surface area contributed by atoms with Crippen molar-refractivity contribution in [1.29, 1.82) is 5.26 Å². The van der Waals surface area contributed by atoms with E-state index in [9.17, 15) is 8.63 Å². The van der Waals surface area contributed by atoms with Crippen molar-refractivity contribution in [2.45, 2.75) is 13.8 Å². The van der Waals surface area contributed by atoms with E-state index in [4.69, 9.17) is 5.26 Å². The molecule has 0 radical (unpaired) electrons. The van der Waals surface area contributed by atoms with Crippen LogP contribution in [0.2, 0.25) is 0 Å². The van der Waals surface area contributed by atoms with Gasteiger partial charge in [0, 0.05) is 12.1 Å². The number of nitrogens with one attached hydrogen (secondary N) is 1. The van der Waals surface area contributed by atoms with Gasteiger partial charge in [-0.2, -0.15) is 5.26 Å². The number of para-hydroxylation sites is 1. The first-order valence-corrected chi connectivity index (χ1v) is 6.83. The summed E-state index contributed by atoms with van der Waals surface area (Å²) in [6.45, 7) is 4.00. The number of hydrogen-bond acceptors (Lipinski definition) is 2. The van der Waals surface area contributed by atoms with Crippen LogP contribution >= 0.6 is 0 Å². The number of hydrogen-bond donors (Lipinski definition) is 1. The lowest BCUT2D eigenvalue weighted by atomic mass is 10.1. The van der Waals surface area contributed by atoms with Gasteiger partial charge in [0.25, 0.3) is 0 Å². The molecule has 112 valence electrons. The summed E-state index contributed by atoms with van der Waals surface area (Å²) in [7, 11) is -2.91. The highest BCUT2D eigenvalue weighted by molar-refractivity contribution is 6.35. The van der Waals surface area contributed by atoms with Crippen LogP contribution in [-0.4, -0.2) is 13.7 Å². The van der Waals surface area contributed by atoms with E-state index in [1.807, 2.05) is 50.2 Å². The zero-order chi connectivity index (χ0) is 16.4. The van der Waals surface area contributed by atoms with Crippen LogP contribution in [0.1, 0.15) is 25.0 Å². The molecular formula is C16H16BF2N2O+. The number of nitriles is 1. The molecule has 2 aromatic carbocycles. The Morgan fingerprint density at radius 2 is 1.82 bits per heavy atom. The first-order valence-electron chi connectivity index (χ1n) is 6.83. The maximum atomic E-state index is 12.3. The molecule has 1 N–H and O–H groups in total. The highest BCUT2D eigenvalue weighted by atomic mass is 19.2. The molecule has 0 fully saturated rings. The highest BCUT2D eigenvalue weighted by Gasteiger charge is 2.20. The summed E-state index contributed by atoms with van der Waals surface area (Å²) in [5.41, 5.74) is 1.55. The lowest BCUT2D eigenvalue weighted by Crippen LogP contribution is -2.61. The topological polar surface area (TPSA) is 47.0 Å². The van der Waals surface area contributed by atoms with Gasteiger partial charge < -0.3 is 4.65 Å². The molecule has 0 saturated heterocycles. The fourth-order valence-corrected chi connectivity index (χ4v) is 1.63. The Bertz CT molecular complexity index is 655. The molecule has 0 aliphatic carbocycles. The maximum absolute atomic E-state index is 12.3. The minimum atomic E-state index is -2.91. The predicted molar refractivity (Wildman–Crippen MR) is 83.3 cm³/mol. The third-order valence-corrected chi connectivity index (χ3v) is 2.52. The first kappa shape index (κ1) is 17.4. The molecule has 22 heavy (non-hydrogen) atoms. The van der Waals surface area contributed by atoms with Crippen LogP contribution in [0.25, 0.3) is 0 Å². The van der Waals surface area contributed by atoms with Gasteiger partial charge in [-0.25, -0.2) is 13.6 Å². The van der Waals surface area contributed by atoms with Gasteiger partial charge in [0.05, 0.1) is 17.2 Å². The number of nitrogens with zero attached hydrogens (tertiary/aromatic N) is 1. The van der Waals surface area contributed by atoms with Crippen LogP contribution in [0.15, 0.2) is 48.5 Å². The Hall–Kier alpha value is -2.68. The molecule has 0 aliphatic heterocycles. The molecule has 6 heteroatoms. The third kappa shape index (κ3) is 5.37. The van der Waals surface area contributed by atoms with Crippen LogP contribution in [0, 0.1) is 11.3 Å². The zero-order valence-corrected chi connectivity index (χ0v) is 12.4. The summed E-state index contributed by atoms with van der Waals surface area (Å²) < 4.78 is 29.1. The van der Waals surface area contributed by atoms with E-state index in [2.05, 4.69) is 9.65 Å². The Kier molecular flexibility index (Phi) is 7.34. The Morgan fingerprint density at radius 1 is 1.14 bits per heavy atom. The van der Waals surface area contributed by atoms with Crippen molar-refractivity contribution in [3.05, 3.63) is 59.7 Å². The molecule has 0 atom stereocenters. The molecule has 3 nitrogen and oxygen atoms in total. The summed E-state index contributed by atoms with van der Waals surface area (Å²) in [6.07, 6.45) is 1.52. The molecule has 2 rings (SSSR count). The largest absolute Gasteiger partial charge is 0.796 e. The number of benzene rings is 2. The zero-order valence-electron chi connectivity index (χ0n) is 12.4. The van der Waals surface area contributed by atoms with Gasteiger partial charge in [0.15, 0.2) is 6.21 Å². The number of rotatable bonds is 4. The van der Waals surface area contributed by atoms with Crippen molar-refractivity contribution < 1.29 is 18.3 Å². The Labute approximate surface area is 129 Å². The molecule has 0 aromatic heterocycles. The minimum absolute atomic E-state index is 0.0161. The third-order valence-electron chi connectivity index (χ3n) is 2.52. The van der Waals surface area contributed by atoms with E-state index in [1.54, 1.807) is 0 Å². The monoisotopic (exact) mass is 301 g/mol. The quantitative estimate of drug-likeness (QED) is 0.697. The van der Waals surface area contributed by atoms with Crippen molar-refractivity contribution in [3.63, 3.8) is 0 Å². The van der Waals surface area contributed by atoms with E-state index in [0.29, 0.717) is 11.1 Å². The van der Waals surface area contributed by atoms with Crippen LogP contribution < -0.4 is 9.65 Å². The second-order valence-electron chi connectivity index (χ2n) is 3.90. The standard InChI is InChI=1S/C14H9BF2N2O.C2H6/c16-15(17)20-14-7-6-11(9-18)8-12(14)10-19-13-4-2-1-3-5-13;1-2/h1-8,10H;1-2H3/p+1. The molecule has 2 aromatic rings. The fourth-order valence-electron chi connectivity index (χ4n) is 1.63. The van der Waals surface area contributed by atoms with Crippen LogP contribution in [0.3, 0.4) is 0 Å². The SMILES string of the molecule is CC.N#Cc1ccc(OB(F)F)c(C=[NH+]c2ccccc2)c1. The van der Waals surface area contributed by atoms with Crippen LogP contribution in [0.5, 0.6) is 5.75 Å². The Balaban J connectivity index is 0.00000116. The van der Waals surface area contributed by atoms with E-state index >= 15 is 0 Å². The fraction of sp³-hybridized carbons (Fsp3) is 0.125. The average molecular weight is 301 g/mol. The maximum Gasteiger partial charge on any atom is 0.796 e. The van der Waals surface area contributed by atoms with Crippen molar-refractivity contribution in [1.82, 2.24) is 0 Å². The molecule has 0 spiro atoms. The van der Waals surface area contributed by atoms with E-state index in [1.165, 1.54) is 24.4 Å². The van der Waals surface area contributed by atoms with Gasteiger partial charge in [-0.3, -0.25) is 0 Å². The lowest BCUT2D eigenvalue weighted by Gasteiger charge is -2.04. The molecule has 0 unspecified atom stereocenters. The van der Waals surface area contributed by atoms with E-state index < -0.39 is 7.47 Å². The van der Waals surface area contributed by atoms with E-state index in [0.717, 1.165) is 5.69 Å². The predicted octanol–water partition coefficient (Wildman–Crippen LogP) is 2.72. The van der Waals surface area contributed by atoms with Gasteiger partial charge in [-0.05, 0) is 18.2 Å².